The van der Waals surface area contributed by atoms with E-state index in [1.54, 1.807) is 0 Å². The summed E-state index contributed by atoms with van der Waals surface area (Å²) in [5.41, 5.74) is 0. The van der Waals surface area contributed by atoms with Gasteiger partial charge in [0, 0.05) is 19.5 Å². The Labute approximate surface area is 103 Å². The van der Waals surface area contributed by atoms with Gasteiger partial charge in [-0.15, -0.1) is 0 Å². The third-order valence-corrected chi connectivity index (χ3v) is 2.63. The largest absolute Gasteiger partial charge is 0.355 e. The highest BCUT2D eigenvalue weighted by Gasteiger charge is 2.15. The fraction of sp³-hybridized carbons (Fsp3) is 0.917. The van der Waals surface area contributed by atoms with Crippen molar-refractivity contribution >= 4 is 5.91 Å². The molecule has 1 N–H and O–H groups in total. The standard InChI is InChI=1S/C12H24N2O3/c1-3-6-13-11(15)10-14(2)7-5-12-16-8-4-9-17-12/h12H,3-10H2,1-2H3,(H,13,15). The molecule has 100 valence electrons. The molecule has 1 saturated heterocycles. The Bertz CT molecular complexity index is 218. The van der Waals surface area contributed by atoms with E-state index in [-0.39, 0.29) is 12.2 Å². The lowest BCUT2D eigenvalue weighted by Crippen LogP contribution is -2.37. The first kappa shape index (κ1) is 14.4. The molecule has 0 unspecified atom stereocenters. The average molecular weight is 244 g/mol. The van der Waals surface area contributed by atoms with E-state index in [1.165, 1.54) is 0 Å². The Morgan fingerprint density at radius 1 is 1.41 bits per heavy atom. The van der Waals surface area contributed by atoms with Crippen LogP contribution in [0.25, 0.3) is 0 Å². The molecule has 5 nitrogen and oxygen atoms in total. The Hall–Kier alpha value is -0.650. The molecule has 0 bridgehead atoms. The number of amides is 1. The first-order valence-corrected chi connectivity index (χ1v) is 6.41. The third-order valence-electron chi connectivity index (χ3n) is 2.63. The van der Waals surface area contributed by atoms with Gasteiger partial charge in [-0.05, 0) is 19.9 Å². The number of rotatable bonds is 7. The number of ether oxygens (including phenoxy) is 2. The van der Waals surface area contributed by atoms with Crippen LogP contribution in [-0.2, 0) is 14.3 Å². The molecular formula is C12H24N2O3. The summed E-state index contributed by atoms with van der Waals surface area (Å²) in [5, 5.41) is 2.86. The molecule has 1 amide bonds. The molecule has 1 aliphatic heterocycles. The van der Waals surface area contributed by atoms with E-state index in [4.69, 9.17) is 9.47 Å². The maximum absolute atomic E-state index is 11.4. The summed E-state index contributed by atoms with van der Waals surface area (Å²) >= 11 is 0. The van der Waals surface area contributed by atoms with Gasteiger partial charge in [-0.1, -0.05) is 6.92 Å². The van der Waals surface area contributed by atoms with Crippen molar-refractivity contribution < 1.29 is 14.3 Å². The molecule has 17 heavy (non-hydrogen) atoms. The normalized spacial score (nSPS) is 17.4. The van der Waals surface area contributed by atoms with E-state index in [0.717, 1.165) is 45.6 Å². The van der Waals surface area contributed by atoms with E-state index in [2.05, 4.69) is 5.32 Å². The van der Waals surface area contributed by atoms with Crippen LogP contribution < -0.4 is 5.32 Å². The highest BCUT2D eigenvalue weighted by Crippen LogP contribution is 2.08. The number of likely N-dealkylation sites (N-methyl/N-ethyl adjacent to an activating group) is 1. The van der Waals surface area contributed by atoms with Crippen molar-refractivity contribution in [3.8, 4) is 0 Å². The van der Waals surface area contributed by atoms with Gasteiger partial charge in [0.25, 0.3) is 0 Å². The second-order valence-electron chi connectivity index (χ2n) is 4.40. The highest BCUT2D eigenvalue weighted by molar-refractivity contribution is 5.77. The summed E-state index contributed by atoms with van der Waals surface area (Å²) < 4.78 is 10.9. The van der Waals surface area contributed by atoms with Crippen LogP contribution in [0.5, 0.6) is 0 Å². The van der Waals surface area contributed by atoms with E-state index in [1.807, 2.05) is 18.9 Å². The van der Waals surface area contributed by atoms with E-state index >= 15 is 0 Å². The Morgan fingerprint density at radius 2 is 2.12 bits per heavy atom. The topological polar surface area (TPSA) is 50.8 Å². The summed E-state index contributed by atoms with van der Waals surface area (Å²) in [7, 11) is 1.94. The van der Waals surface area contributed by atoms with E-state index in [9.17, 15) is 4.79 Å². The number of nitrogens with one attached hydrogen (secondary N) is 1. The number of carbonyl (C=O) groups excluding carboxylic acids is 1. The third kappa shape index (κ3) is 6.61. The summed E-state index contributed by atoms with van der Waals surface area (Å²) in [6.07, 6.45) is 2.67. The van der Waals surface area contributed by atoms with Crippen LogP contribution in [0.4, 0.5) is 0 Å². The molecule has 0 aliphatic carbocycles. The molecule has 0 saturated carbocycles. The van der Waals surface area contributed by atoms with Crippen molar-refractivity contribution in [2.24, 2.45) is 0 Å². The van der Waals surface area contributed by atoms with Gasteiger partial charge in [-0.25, -0.2) is 0 Å². The van der Waals surface area contributed by atoms with Gasteiger partial charge in [-0.2, -0.15) is 0 Å². The zero-order chi connectivity index (χ0) is 12.5. The van der Waals surface area contributed by atoms with Crippen molar-refractivity contribution in [3.05, 3.63) is 0 Å². The first-order chi connectivity index (χ1) is 8.22. The lowest BCUT2D eigenvalue weighted by Gasteiger charge is -2.25. The van der Waals surface area contributed by atoms with Crippen LogP contribution in [-0.4, -0.2) is 57.0 Å². The average Bonchev–Trinajstić information content (AvgIpc) is 2.35. The maximum Gasteiger partial charge on any atom is 0.234 e. The van der Waals surface area contributed by atoms with Crippen LogP contribution in [0.1, 0.15) is 26.2 Å². The highest BCUT2D eigenvalue weighted by atomic mass is 16.7. The van der Waals surface area contributed by atoms with Gasteiger partial charge < -0.3 is 14.8 Å². The van der Waals surface area contributed by atoms with Crippen LogP contribution in [0.2, 0.25) is 0 Å². The first-order valence-electron chi connectivity index (χ1n) is 6.41. The second-order valence-corrected chi connectivity index (χ2v) is 4.40. The smallest absolute Gasteiger partial charge is 0.234 e. The number of nitrogens with zero attached hydrogens (tertiary/aromatic N) is 1. The lowest BCUT2D eigenvalue weighted by molar-refractivity contribution is -0.182. The summed E-state index contributed by atoms with van der Waals surface area (Å²) in [5.74, 6) is 0.0832. The van der Waals surface area contributed by atoms with Gasteiger partial charge in [0.1, 0.15) is 0 Å². The molecule has 1 aliphatic rings. The number of hydrogen-bond acceptors (Lipinski definition) is 4. The number of hydrogen-bond donors (Lipinski definition) is 1. The molecule has 1 rings (SSSR count). The minimum Gasteiger partial charge on any atom is -0.355 e. The molecule has 5 heteroatoms. The molecule has 0 aromatic rings. The number of carbonyl (C=O) groups is 1. The van der Waals surface area contributed by atoms with Gasteiger partial charge in [0.15, 0.2) is 6.29 Å². The Kier molecular flexibility index (Phi) is 7.16. The second kappa shape index (κ2) is 8.44. The molecule has 1 fully saturated rings. The zero-order valence-corrected chi connectivity index (χ0v) is 10.9. The van der Waals surface area contributed by atoms with Crippen molar-refractivity contribution in [3.63, 3.8) is 0 Å². The molecule has 0 radical (unpaired) electrons. The van der Waals surface area contributed by atoms with Crippen LogP contribution >= 0.6 is 0 Å². The van der Waals surface area contributed by atoms with Gasteiger partial charge >= 0.3 is 0 Å². The minimum atomic E-state index is -0.0927. The van der Waals surface area contributed by atoms with Gasteiger partial charge in [0.05, 0.1) is 19.8 Å². The zero-order valence-electron chi connectivity index (χ0n) is 10.9. The molecule has 0 spiro atoms. The van der Waals surface area contributed by atoms with E-state index in [0.29, 0.717) is 6.54 Å². The summed E-state index contributed by atoms with van der Waals surface area (Å²) in [6, 6.07) is 0. The predicted octanol–water partition coefficient (Wildman–Crippen LogP) is 0.598. The molecule has 1 heterocycles. The van der Waals surface area contributed by atoms with Crippen molar-refractivity contribution in [1.29, 1.82) is 0 Å². The maximum atomic E-state index is 11.4. The van der Waals surface area contributed by atoms with Crippen LogP contribution in [0.15, 0.2) is 0 Å². The quantitative estimate of drug-likeness (QED) is 0.712. The summed E-state index contributed by atoms with van der Waals surface area (Å²) in [4.78, 5) is 13.4. The van der Waals surface area contributed by atoms with Crippen LogP contribution in [0, 0.1) is 0 Å². The molecular weight excluding hydrogens is 220 g/mol. The van der Waals surface area contributed by atoms with Gasteiger partial charge in [0.2, 0.25) is 5.91 Å². The predicted molar refractivity (Wildman–Crippen MR) is 65.7 cm³/mol. The van der Waals surface area contributed by atoms with Crippen molar-refractivity contribution in [2.45, 2.75) is 32.5 Å². The van der Waals surface area contributed by atoms with Crippen molar-refractivity contribution in [1.82, 2.24) is 10.2 Å². The molecule has 0 atom stereocenters. The minimum absolute atomic E-state index is 0.0832. The Morgan fingerprint density at radius 3 is 2.76 bits per heavy atom. The summed E-state index contributed by atoms with van der Waals surface area (Å²) in [6.45, 7) is 5.61. The fourth-order valence-corrected chi connectivity index (χ4v) is 1.67. The Balaban J connectivity index is 2.07. The molecule has 0 aromatic heterocycles. The fourth-order valence-electron chi connectivity index (χ4n) is 1.67. The lowest BCUT2D eigenvalue weighted by atomic mass is 10.3. The van der Waals surface area contributed by atoms with Gasteiger partial charge in [-0.3, -0.25) is 9.69 Å². The monoisotopic (exact) mass is 244 g/mol. The molecule has 0 aromatic carbocycles. The van der Waals surface area contributed by atoms with E-state index < -0.39 is 0 Å². The van der Waals surface area contributed by atoms with Crippen molar-refractivity contribution in [2.75, 3.05) is 39.9 Å². The SMILES string of the molecule is CCCNC(=O)CN(C)CCC1OCCCO1. The van der Waals surface area contributed by atoms with Crippen LogP contribution in [0.3, 0.4) is 0 Å².